The predicted molar refractivity (Wildman–Crippen MR) is 108 cm³/mol. The van der Waals surface area contributed by atoms with Gasteiger partial charge in [0.25, 0.3) is 5.56 Å². The topological polar surface area (TPSA) is 305 Å². The van der Waals surface area contributed by atoms with Crippen LogP contribution in [0.25, 0.3) is 11.2 Å². The van der Waals surface area contributed by atoms with Crippen LogP contribution >= 0.6 is 23.5 Å². The molecule has 6 atom stereocenters. The number of ether oxygens (including phenoxy) is 1. The number of H-pyrrole nitrogens is 1. The second kappa shape index (κ2) is 8.90. The number of aromatic nitrogens is 4. The summed E-state index contributed by atoms with van der Waals surface area (Å²) in [5.41, 5.74) is 8.57. The second-order valence-corrected chi connectivity index (χ2v) is 11.1. The Kier molecular flexibility index (Phi) is 6.96. The lowest BCUT2D eigenvalue weighted by Crippen LogP contribution is -2.53. The third-order valence-electron chi connectivity index (χ3n) is 4.33. The zero-order valence-electron chi connectivity index (χ0n) is 16.4. The average molecular weight is 546 g/mol. The lowest BCUT2D eigenvalue weighted by atomic mass is 9.92. The summed E-state index contributed by atoms with van der Waals surface area (Å²) in [5.74, 6) is 1.83. The molecule has 0 aliphatic carbocycles. The van der Waals surface area contributed by atoms with Crippen molar-refractivity contribution < 1.29 is 56.3 Å². The molecular weight excluding hydrogens is 529 g/mol. The Hall–Kier alpha value is -2.00. The zero-order valence-corrected chi connectivity index (χ0v) is 19.1. The number of nitrogens with one attached hydrogen (secondary N) is 1. The van der Waals surface area contributed by atoms with Gasteiger partial charge in [0.15, 0.2) is 22.9 Å². The molecule has 188 valence electrons. The van der Waals surface area contributed by atoms with Gasteiger partial charge >= 0.3 is 23.5 Å². The van der Waals surface area contributed by atoms with E-state index in [0.717, 1.165) is 10.9 Å². The van der Waals surface area contributed by atoms with E-state index in [9.17, 15) is 33.4 Å². The first-order chi connectivity index (χ1) is 15.5. The van der Waals surface area contributed by atoms with Gasteiger partial charge in [0, 0.05) is 0 Å². The minimum Gasteiger partial charge on any atom is -0.387 e. The smallest absolute Gasteiger partial charge is 0.387 e. The molecule has 0 spiro atoms. The number of aliphatic hydroxyl groups excluding tert-OH is 1. The predicted octanol–water partition coefficient (Wildman–Crippen LogP) is -2.37. The van der Waals surface area contributed by atoms with E-state index in [1.165, 1.54) is 0 Å². The van der Waals surface area contributed by atoms with Crippen LogP contribution in [0.4, 0.5) is 5.95 Å². The molecule has 2 aromatic heterocycles. The van der Waals surface area contributed by atoms with Gasteiger partial charge in [-0.1, -0.05) is 5.92 Å². The molecule has 3 heterocycles. The van der Waals surface area contributed by atoms with Gasteiger partial charge < -0.3 is 40.9 Å². The first kappa shape index (κ1) is 26.6. The van der Waals surface area contributed by atoms with Gasteiger partial charge in [-0.2, -0.15) is 13.6 Å². The minimum atomic E-state index is -5.76. The number of nitrogen functional groups attached to an aromatic ring is 1. The fourth-order valence-electron chi connectivity index (χ4n) is 2.97. The number of fused-ring (bicyclic) bond motifs is 1. The van der Waals surface area contributed by atoms with E-state index in [1.54, 1.807) is 0 Å². The van der Waals surface area contributed by atoms with Crippen LogP contribution in [0.1, 0.15) is 6.23 Å². The number of nitrogens with two attached hydrogens (primary N) is 2. The van der Waals surface area contributed by atoms with Crippen LogP contribution in [0, 0.1) is 12.3 Å². The molecule has 2 aromatic rings. The highest BCUT2D eigenvalue weighted by Gasteiger charge is 2.55. The number of phosphoric acid groups is 3. The van der Waals surface area contributed by atoms with E-state index < -0.39 is 59.6 Å². The molecule has 34 heavy (non-hydrogen) atoms. The SMILES string of the molecule is C#CC1(N)[C@@H](O)[C@@H](COP(=O)(O)OP(=O)(O)OP(=O)(O)O)O[C@H]1n1cnc2c(=O)[nH]c(N)nc21. The highest BCUT2D eigenvalue weighted by molar-refractivity contribution is 7.66. The summed E-state index contributed by atoms with van der Waals surface area (Å²) in [4.78, 5) is 57.8. The molecule has 0 saturated carbocycles. The molecule has 0 amide bonds. The molecule has 0 radical (unpaired) electrons. The first-order valence-electron chi connectivity index (χ1n) is 8.59. The van der Waals surface area contributed by atoms with Crippen LogP contribution in [0.3, 0.4) is 0 Å². The van der Waals surface area contributed by atoms with Crippen LogP contribution in [0.15, 0.2) is 11.1 Å². The van der Waals surface area contributed by atoms with E-state index in [-0.39, 0.29) is 17.1 Å². The Balaban J connectivity index is 1.83. The Bertz CT molecular complexity index is 1350. The Morgan fingerprint density at radius 3 is 2.50 bits per heavy atom. The average Bonchev–Trinajstić information content (AvgIpc) is 3.17. The number of phosphoric ester groups is 1. The van der Waals surface area contributed by atoms with Crippen molar-refractivity contribution in [3.8, 4) is 12.3 Å². The maximum atomic E-state index is 12.0. The van der Waals surface area contributed by atoms with Crippen molar-refractivity contribution in [2.24, 2.45) is 5.73 Å². The molecule has 0 aromatic carbocycles. The van der Waals surface area contributed by atoms with E-state index in [2.05, 4.69) is 34.0 Å². The molecule has 22 heteroatoms. The summed E-state index contributed by atoms with van der Waals surface area (Å²) in [7, 11) is -16.9. The number of imidazole rings is 1. The molecule has 3 rings (SSSR count). The van der Waals surface area contributed by atoms with Crippen molar-refractivity contribution in [3.63, 3.8) is 0 Å². The molecule has 19 nitrogen and oxygen atoms in total. The summed E-state index contributed by atoms with van der Waals surface area (Å²) in [6, 6.07) is 0. The maximum absolute atomic E-state index is 12.0. The number of anilines is 1. The fourth-order valence-corrected chi connectivity index (χ4v) is 6.00. The first-order valence-corrected chi connectivity index (χ1v) is 13.1. The van der Waals surface area contributed by atoms with Crippen LogP contribution in [-0.4, -0.2) is 68.6 Å². The third-order valence-corrected chi connectivity index (χ3v) is 8.13. The maximum Gasteiger partial charge on any atom is 0.490 e. The zero-order chi connectivity index (χ0) is 25.7. The van der Waals surface area contributed by atoms with Gasteiger partial charge in [0.1, 0.15) is 12.2 Å². The van der Waals surface area contributed by atoms with Crippen molar-refractivity contribution in [2.75, 3.05) is 12.3 Å². The number of aromatic amines is 1. The minimum absolute atomic E-state index is 0.128. The third kappa shape index (κ3) is 5.46. The highest BCUT2D eigenvalue weighted by atomic mass is 31.3. The van der Waals surface area contributed by atoms with Crippen LogP contribution in [-0.2, 0) is 31.6 Å². The van der Waals surface area contributed by atoms with Crippen LogP contribution < -0.4 is 17.0 Å². The Morgan fingerprint density at radius 2 is 1.91 bits per heavy atom. The number of nitrogens with zero attached hydrogens (tertiary/aromatic N) is 3. The fraction of sp³-hybridized carbons (Fsp3) is 0.417. The molecule has 0 bridgehead atoms. The molecule has 1 aliphatic rings. The second-order valence-electron chi connectivity index (χ2n) is 6.71. The summed E-state index contributed by atoms with van der Waals surface area (Å²) >= 11 is 0. The van der Waals surface area contributed by atoms with E-state index >= 15 is 0 Å². The van der Waals surface area contributed by atoms with Crippen molar-refractivity contribution in [1.29, 1.82) is 0 Å². The van der Waals surface area contributed by atoms with Crippen molar-refractivity contribution in [1.82, 2.24) is 19.5 Å². The summed E-state index contributed by atoms with van der Waals surface area (Å²) in [6.07, 6.45) is 1.67. The van der Waals surface area contributed by atoms with Crippen molar-refractivity contribution >= 4 is 40.6 Å². The highest BCUT2D eigenvalue weighted by Crippen LogP contribution is 2.66. The Labute approximate surface area is 188 Å². The molecular formula is C12H17N6O13P3. The summed E-state index contributed by atoms with van der Waals surface area (Å²) in [6.45, 7) is -1.04. The molecule has 1 saturated heterocycles. The van der Waals surface area contributed by atoms with Crippen molar-refractivity contribution in [3.05, 3.63) is 16.7 Å². The molecule has 1 fully saturated rings. The standard InChI is InChI=1S/C12H17N6O13P3/c1-2-12(14)7(19)5(3-28-33(24,25)31-34(26,27)30-32(21,22)23)29-10(12)18-4-15-6-8(18)16-11(13)17-9(6)20/h1,4-5,7,10,19H,3,14H2,(H,24,25)(H,26,27)(H2,21,22,23)(H3,13,16,17,20)/t5-,7+,10-,12?/m1/s1. The van der Waals surface area contributed by atoms with Gasteiger partial charge in [0.2, 0.25) is 5.95 Å². The van der Waals surface area contributed by atoms with Gasteiger partial charge in [-0.05, 0) is 0 Å². The number of hydrogen-bond acceptors (Lipinski definition) is 13. The lowest BCUT2D eigenvalue weighted by molar-refractivity contribution is -0.0438. The largest absolute Gasteiger partial charge is 0.490 e. The van der Waals surface area contributed by atoms with E-state index in [0.29, 0.717) is 0 Å². The number of terminal acetylenes is 1. The number of rotatable bonds is 8. The quantitative estimate of drug-likeness (QED) is 0.127. The Morgan fingerprint density at radius 1 is 1.26 bits per heavy atom. The van der Waals surface area contributed by atoms with Gasteiger partial charge in [-0.3, -0.25) is 18.9 Å². The summed E-state index contributed by atoms with van der Waals surface area (Å²) in [5, 5.41) is 10.6. The number of hydrogen-bond donors (Lipinski definition) is 8. The van der Waals surface area contributed by atoms with Crippen LogP contribution in [0.2, 0.25) is 0 Å². The molecule has 10 N–H and O–H groups in total. The van der Waals surface area contributed by atoms with E-state index in [1.807, 2.05) is 0 Å². The number of aliphatic hydroxyl groups is 1. The molecule has 3 unspecified atom stereocenters. The van der Waals surface area contributed by atoms with Crippen molar-refractivity contribution in [2.45, 2.75) is 24.0 Å². The van der Waals surface area contributed by atoms with Gasteiger partial charge in [0.05, 0.1) is 12.9 Å². The van der Waals surface area contributed by atoms with Gasteiger partial charge in [-0.25, -0.2) is 18.7 Å². The summed E-state index contributed by atoms with van der Waals surface area (Å²) < 4.78 is 52.3. The normalized spacial score (nSPS) is 28.9. The van der Waals surface area contributed by atoms with Crippen LogP contribution in [0.5, 0.6) is 0 Å². The van der Waals surface area contributed by atoms with E-state index in [4.69, 9.17) is 32.4 Å². The lowest BCUT2D eigenvalue weighted by Gasteiger charge is -2.27. The molecule has 1 aliphatic heterocycles. The monoisotopic (exact) mass is 546 g/mol. The van der Waals surface area contributed by atoms with Gasteiger partial charge in [-0.15, -0.1) is 6.42 Å².